The Balaban J connectivity index is 1.79. The van der Waals surface area contributed by atoms with E-state index in [1.54, 1.807) is 12.2 Å². The van der Waals surface area contributed by atoms with Crippen LogP contribution in [0, 0.1) is 34.5 Å². The number of hydrogen-bond acceptors (Lipinski definition) is 5. The van der Waals surface area contributed by atoms with Crippen molar-refractivity contribution < 1.29 is 24.5 Å². The van der Waals surface area contributed by atoms with Gasteiger partial charge >= 0.3 is 0 Å². The lowest BCUT2D eigenvalue weighted by molar-refractivity contribution is -0.203. The quantitative estimate of drug-likeness (QED) is 0.735. The molecule has 166 valence electrons. The predicted molar refractivity (Wildman–Crippen MR) is 114 cm³/mol. The normalized spacial score (nSPS) is 47.5. The van der Waals surface area contributed by atoms with Crippen LogP contribution in [0.1, 0.15) is 60.3 Å². The van der Waals surface area contributed by atoms with E-state index in [9.17, 15) is 19.8 Å². The highest BCUT2D eigenvalue weighted by atomic mass is 16.5. The Kier molecular flexibility index (Phi) is 5.19. The Bertz CT molecular complexity index is 812. The molecule has 4 aliphatic carbocycles. The first-order valence-electron chi connectivity index (χ1n) is 11.5. The third-order valence-electron chi connectivity index (χ3n) is 8.97. The first kappa shape index (κ1) is 21.9. The molecule has 0 aromatic rings. The molecule has 3 saturated carbocycles. The molecule has 0 aliphatic heterocycles. The standard InChI is InChI=1S/C25H36O5/c1-14(2)30-25(21(29)13-26)9-7-18-17-10-15(3)19-11-16(27)6-8-23(19,4)22(17)20(28)12-24(18,25)5/h6,8,11,14-15,17-18,20,22,26,28H,7,9-10,12-13H2,1-5H3/t15-,17-,18-,20?,22+,23-,24-,25-/m0/s1. The second kappa shape index (κ2) is 7.11. The van der Waals surface area contributed by atoms with E-state index >= 15 is 0 Å². The Morgan fingerprint density at radius 1 is 1.33 bits per heavy atom. The fourth-order valence-electron chi connectivity index (χ4n) is 7.99. The van der Waals surface area contributed by atoms with Crippen molar-refractivity contribution in [1.82, 2.24) is 0 Å². The highest BCUT2D eigenvalue weighted by molar-refractivity contribution is 6.01. The molecule has 4 aliphatic rings. The average molecular weight is 417 g/mol. The lowest BCUT2D eigenvalue weighted by Crippen LogP contribution is -2.63. The van der Waals surface area contributed by atoms with Crippen molar-refractivity contribution in [2.75, 3.05) is 6.61 Å². The van der Waals surface area contributed by atoms with Crippen molar-refractivity contribution in [3.05, 3.63) is 23.8 Å². The molecule has 0 aromatic heterocycles. The van der Waals surface area contributed by atoms with Crippen molar-refractivity contribution in [3.63, 3.8) is 0 Å². The molecule has 1 unspecified atom stereocenters. The smallest absolute Gasteiger partial charge is 0.190 e. The first-order valence-corrected chi connectivity index (χ1v) is 11.5. The van der Waals surface area contributed by atoms with E-state index < -0.39 is 23.7 Å². The number of aliphatic hydroxyl groups excluding tert-OH is 2. The van der Waals surface area contributed by atoms with Crippen LogP contribution < -0.4 is 0 Å². The van der Waals surface area contributed by atoms with Gasteiger partial charge in [0.25, 0.3) is 0 Å². The molecule has 0 heterocycles. The van der Waals surface area contributed by atoms with E-state index in [1.165, 1.54) is 0 Å². The summed E-state index contributed by atoms with van der Waals surface area (Å²) in [6.45, 7) is 9.75. The minimum absolute atomic E-state index is 0.0152. The number of hydrogen-bond donors (Lipinski definition) is 2. The number of ketones is 2. The van der Waals surface area contributed by atoms with E-state index in [4.69, 9.17) is 4.74 Å². The number of carbonyl (C=O) groups excluding carboxylic acids is 2. The summed E-state index contributed by atoms with van der Waals surface area (Å²) in [6, 6.07) is 0. The van der Waals surface area contributed by atoms with Crippen molar-refractivity contribution in [2.45, 2.75) is 78.1 Å². The molecule has 0 radical (unpaired) electrons. The highest BCUT2D eigenvalue weighted by Gasteiger charge is 2.69. The fraction of sp³-hybridized carbons (Fsp3) is 0.760. The molecular weight excluding hydrogens is 380 g/mol. The van der Waals surface area contributed by atoms with Crippen molar-refractivity contribution in [2.24, 2.45) is 34.5 Å². The van der Waals surface area contributed by atoms with Crippen molar-refractivity contribution in [1.29, 1.82) is 0 Å². The fourth-order valence-corrected chi connectivity index (χ4v) is 7.99. The van der Waals surface area contributed by atoms with Gasteiger partial charge in [-0.2, -0.15) is 0 Å². The molecule has 30 heavy (non-hydrogen) atoms. The van der Waals surface area contributed by atoms with Crippen LogP contribution in [0.3, 0.4) is 0 Å². The molecule has 4 rings (SSSR count). The Labute approximate surface area is 179 Å². The second-order valence-electron chi connectivity index (χ2n) is 10.9. The molecule has 0 spiro atoms. The number of carbonyl (C=O) groups is 2. The third kappa shape index (κ3) is 2.78. The summed E-state index contributed by atoms with van der Waals surface area (Å²) in [5.74, 6) is 0.493. The van der Waals surface area contributed by atoms with Crippen LogP contribution in [0.15, 0.2) is 23.8 Å². The zero-order chi connectivity index (χ0) is 22.1. The van der Waals surface area contributed by atoms with E-state index in [-0.39, 0.29) is 46.8 Å². The molecule has 5 heteroatoms. The molecular formula is C25H36O5. The minimum Gasteiger partial charge on any atom is -0.393 e. The van der Waals surface area contributed by atoms with E-state index in [0.717, 1.165) is 18.4 Å². The summed E-state index contributed by atoms with van der Waals surface area (Å²) in [6.07, 6.45) is 7.50. The van der Waals surface area contributed by atoms with Gasteiger partial charge in [-0.15, -0.1) is 0 Å². The monoisotopic (exact) mass is 416 g/mol. The van der Waals surface area contributed by atoms with Crippen molar-refractivity contribution in [3.8, 4) is 0 Å². The van der Waals surface area contributed by atoms with E-state index in [1.807, 2.05) is 19.9 Å². The number of allylic oxidation sites excluding steroid dienone is 4. The van der Waals surface area contributed by atoms with Crippen LogP contribution in [-0.4, -0.2) is 46.2 Å². The van der Waals surface area contributed by atoms with Gasteiger partial charge in [0.2, 0.25) is 0 Å². The van der Waals surface area contributed by atoms with Gasteiger partial charge in [-0.25, -0.2) is 0 Å². The predicted octanol–water partition coefficient (Wildman–Crippen LogP) is 3.24. The largest absolute Gasteiger partial charge is 0.393 e. The number of ether oxygens (including phenoxy) is 1. The van der Waals surface area contributed by atoms with Gasteiger partial charge in [-0.3, -0.25) is 9.59 Å². The number of fused-ring (bicyclic) bond motifs is 5. The molecule has 0 saturated heterocycles. The molecule has 0 amide bonds. The zero-order valence-electron chi connectivity index (χ0n) is 18.9. The summed E-state index contributed by atoms with van der Waals surface area (Å²) < 4.78 is 6.33. The number of rotatable bonds is 4. The summed E-state index contributed by atoms with van der Waals surface area (Å²) >= 11 is 0. The summed E-state index contributed by atoms with van der Waals surface area (Å²) in [4.78, 5) is 25.1. The van der Waals surface area contributed by atoms with Gasteiger partial charge in [0.1, 0.15) is 12.2 Å². The molecule has 5 nitrogen and oxygen atoms in total. The average Bonchev–Trinajstić information content (AvgIpc) is 2.94. The highest BCUT2D eigenvalue weighted by Crippen LogP contribution is 2.68. The Hall–Kier alpha value is -1.30. The second-order valence-corrected chi connectivity index (χ2v) is 10.9. The topological polar surface area (TPSA) is 83.8 Å². The van der Waals surface area contributed by atoms with Crippen molar-refractivity contribution >= 4 is 11.6 Å². The Morgan fingerprint density at radius 2 is 2.03 bits per heavy atom. The van der Waals surface area contributed by atoms with Crippen LogP contribution in [0.5, 0.6) is 0 Å². The van der Waals surface area contributed by atoms with Gasteiger partial charge in [0, 0.05) is 16.7 Å². The molecule has 0 bridgehead atoms. The van der Waals surface area contributed by atoms with Gasteiger partial charge < -0.3 is 14.9 Å². The number of Topliss-reactive ketones (excluding diaryl/α,β-unsaturated/α-hetero) is 1. The molecule has 3 fully saturated rings. The van der Waals surface area contributed by atoms with Crippen LogP contribution in [0.25, 0.3) is 0 Å². The maximum atomic E-state index is 13.1. The maximum absolute atomic E-state index is 13.1. The summed E-state index contributed by atoms with van der Waals surface area (Å²) in [5, 5.41) is 21.3. The SMILES string of the molecule is CC(C)O[C@]1(C(=O)CO)CC[C@H]2[C@@H]3C[C@H](C)C4=CC(=O)C=C[C@]4(C)[C@H]3C(O)C[C@@]21C. The van der Waals surface area contributed by atoms with E-state index in [0.29, 0.717) is 12.8 Å². The lowest BCUT2D eigenvalue weighted by Gasteiger charge is -2.61. The van der Waals surface area contributed by atoms with E-state index in [2.05, 4.69) is 20.8 Å². The molecule has 0 aromatic carbocycles. The third-order valence-corrected chi connectivity index (χ3v) is 8.97. The number of aliphatic hydroxyl groups is 2. The molecule has 8 atom stereocenters. The summed E-state index contributed by atoms with van der Waals surface area (Å²) in [7, 11) is 0. The zero-order valence-corrected chi connectivity index (χ0v) is 18.9. The maximum Gasteiger partial charge on any atom is 0.190 e. The van der Waals surface area contributed by atoms with Crippen LogP contribution in [0.4, 0.5) is 0 Å². The van der Waals surface area contributed by atoms with Crippen LogP contribution in [-0.2, 0) is 14.3 Å². The first-order chi connectivity index (χ1) is 14.0. The van der Waals surface area contributed by atoms with Crippen LogP contribution in [0.2, 0.25) is 0 Å². The van der Waals surface area contributed by atoms with Gasteiger partial charge in [-0.05, 0) is 69.4 Å². The summed E-state index contributed by atoms with van der Waals surface area (Å²) in [5.41, 5.74) is -0.788. The minimum atomic E-state index is -1.05. The van der Waals surface area contributed by atoms with Gasteiger partial charge in [-0.1, -0.05) is 32.4 Å². The molecule has 2 N–H and O–H groups in total. The Morgan fingerprint density at radius 3 is 2.67 bits per heavy atom. The lowest BCUT2D eigenvalue weighted by atomic mass is 9.44. The van der Waals surface area contributed by atoms with Gasteiger partial charge in [0.15, 0.2) is 11.6 Å². The van der Waals surface area contributed by atoms with Crippen LogP contribution >= 0.6 is 0 Å². The van der Waals surface area contributed by atoms with Gasteiger partial charge in [0.05, 0.1) is 12.2 Å².